The molecule has 0 saturated carbocycles. The Bertz CT molecular complexity index is 3730. The number of nitrogens with zero attached hydrogens (tertiary/aromatic N) is 5. The van der Waals surface area contributed by atoms with Gasteiger partial charge in [0.1, 0.15) is 54.4 Å². The highest BCUT2D eigenvalue weighted by atomic mass is 35.5. The number of rotatable bonds is 35. The number of aromatic nitrogens is 4. The number of primary amides is 1. The average Bonchev–Trinajstić information content (AvgIpc) is 1.37. The number of nitrogens with one attached hydrogen (secondary N) is 10. The molecule has 0 radical (unpaired) electrons. The smallest absolute Gasteiger partial charge is 0.248 e. The van der Waals surface area contributed by atoms with Crippen LogP contribution in [-0.2, 0) is 73.6 Å². The van der Waals surface area contributed by atoms with Crippen molar-refractivity contribution in [3.8, 4) is 0 Å². The van der Waals surface area contributed by atoms with Crippen molar-refractivity contribution in [2.45, 2.75) is 160 Å². The van der Waals surface area contributed by atoms with E-state index < -0.39 is 120 Å². The van der Waals surface area contributed by atoms with E-state index in [2.05, 4.69) is 68.0 Å². The maximum absolute atomic E-state index is 15.0. The molecule has 1 saturated heterocycles. The molecule has 7 rings (SSSR count). The van der Waals surface area contributed by atoms with E-state index in [0.29, 0.717) is 53.2 Å². The fraction of sp³-hybridized carbons (Fsp3) is 0.435. The van der Waals surface area contributed by atoms with Gasteiger partial charge in [-0.25, -0.2) is 5.10 Å². The number of anilines is 3. The predicted octanol–water partition coefficient (Wildman–Crippen LogP) is 2.16. The Balaban J connectivity index is 1.15. The topological polar surface area (TPSA) is 412 Å². The van der Waals surface area contributed by atoms with Crippen molar-refractivity contribution in [1.29, 1.82) is 0 Å². The van der Waals surface area contributed by atoms with Gasteiger partial charge >= 0.3 is 0 Å². The molecule has 6 aromatic rings. The number of hydrogen-bond acceptors (Lipinski definition) is 17. The van der Waals surface area contributed by atoms with Gasteiger partial charge in [0.25, 0.3) is 0 Å². The Labute approximate surface area is 574 Å². The van der Waals surface area contributed by atoms with Gasteiger partial charge in [-0.1, -0.05) is 112 Å². The van der Waals surface area contributed by atoms with Crippen molar-refractivity contribution in [2.24, 2.45) is 11.7 Å². The third-order valence-corrected chi connectivity index (χ3v) is 16.9. The first-order chi connectivity index (χ1) is 46.7. The molecule has 98 heavy (non-hydrogen) atoms. The summed E-state index contributed by atoms with van der Waals surface area (Å²) in [5, 5.41) is 45.2. The van der Waals surface area contributed by atoms with E-state index in [4.69, 9.17) is 23.1 Å². The Kier molecular flexibility index (Phi) is 27.9. The van der Waals surface area contributed by atoms with Crippen LogP contribution in [0.2, 0.25) is 5.02 Å². The zero-order valence-corrected chi connectivity index (χ0v) is 56.9. The lowest BCUT2D eigenvalue weighted by Crippen LogP contribution is -2.61. The van der Waals surface area contributed by atoms with Gasteiger partial charge in [-0.3, -0.25) is 52.9 Å². The highest BCUT2D eigenvalue weighted by Crippen LogP contribution is 2.23. The quantitative estimate of drug-likeness (QED) is 0.0254. The van der Waals surface area contributed by atoms with Crippen molar-refractivity contribution >= 4 is 99.0 Å². The predicted molar refractivity (Wildman–Crippen MR) is 369 cm³/mol. The molecule has 524 valence electrons. The second kappa shape index (κ2) is 36.3. The zero-order valence-electron chi connectivity index (χ0n) is 56.1. The number of pyridine rings is 1. The molecule has 1 fully saturated rings. The van der Waals surface area contributed by atoms with Crippen molar-refractivity contribution in [3.05, 3.63) is 143 Å². The molecule has 1 aliphatic heterocycles. The van der Waals surface area contributed by atoms with Crippen LogP contribution in [0.15, 0.2) is 116 Å². The number of likely N-dealkylation sites (tertiary alicyclic amines) is 1. The van der Waals surface area contributed by atoms with Gasteiger partial charge in [-0.2, -0.15) is 4.98 Å². The molecule has 9 atom stereocenters. The lowest BCUT2D eigenvalue weighted by molar-refractivity contribution is -0.142. The molecule has 29 heteroatoms. The Morgan fingerprint density at radius 2 is 1.22 bits per heavy atom. The van der Waals surface area contributed by atoms with E-state index in [9.17, 15) is 53.1 Å². The van der Waals surface area contributed by atoms with E-state index in [1.807, 2.05) is 70.2 Å². The minimum Gasteiger partial charge on any atom is -0.394 e. The molecule has 4 aromatic carbocycles. The second-order valence-corrected chi connectivity index (χ2v) is 25.7. The summed E-state index contributed by atoms with van der Waals surface area (Å²) in [4.78, 5) is 153. The first-order valence-electron chi connectivity index (χ1n) is 32.7. The van der Waals surface area contributed by atoms with Crippen LogP contribution in [-0.4, -0.2) is 181 Å². The van der Waals surface area contributed by atoms with Gasteiger partial charge in [0, 0.05) is 75.3 Å². The maximum Gasteiger partial charge on any atom is 0.248 e. The number of likely N-dealkylation sites (N-methyl/N-ethyl adjacent to an activating group) is 1. The van der Waals surface area contributed by atoms with Gasteiger partial charge in [0.15, 0.2) is 0 Å². The van der Waals surface area contributed by atoms with E-state index in [0.717, 1.165) is 16.3 Å². The number of hydrogen-bond donors (Lipinski definition) is 13. The normalized spacial score (nSPS) is 15.3. The van der Waals surface area contributed by atoms with Gasteiger partial charge < -0.3 is 74.2 Å². The number of fused-ring (bicyclic) bond motifs is 1. The molecular weight excluding hydrogens is 1280 g/mol. The summed E-state index contributed by atoms with van der Waals surface area (Å²) < 4.78 is 0. The highest BCUT2D eigenvalue weighted by molar-refractivity contribution is 6.30. The van der Waals surface area contributed by atoms with Crippen LogP contribution in [0.3, 0.4) is 0 Å². The van der Waals surface area contributed by atoms with Gasteiger partial charge in [0.05, 0.1) is 6.61 Å². The number of aliphatic hydroxyl groups excluding tert-OH is 1. The van der Waals surface area contributed by atoms with Crippen molar-refractivity contribution < 1.29 is 53.1 Å². The van der Waals surface area contributed by atoms with E-state index in [-0.39, 0.29) is 68.9 Å². The number of amides is 10. The SMILES string of the molecule is CC(=O)N(C)[C@H](Cc1ccc2ccccc2c1)C(=O)N[C@H](Cc1ccc(Cl)cc1)C(=O)N[C@H](Cc1cccnc1)C(=O)N[C@@H](CO)C(=O)NC(Cc1ccc(Nc2n[nH]c(N)n2)cc1)C(=O)N[C@@H](CC(C)C)C(=O)NC(CCCNC(C)C)C(=O)N1CCC[C@H]1C(=O)N[C@H](C)C(N)=O. The average molecular weight is 1370 g/mol. The molecule has 0 bridgehead atoms. The largest absolute Gasteiger partial charge is 0.394 e. The van der Waals surface area contributed by atoms with Crippen LogP contribution in [0.4, 0.5) is 17.6 Å². The molecule has 28 nitrogen and oxygen atoms in total. The van der Waals surface area contributed by atoms with Crippen molar-refractivity contribution in [3.63, 3.8) is 0 Å². The molecule has 10 amide bonds. The van der Waals surface area contributed by atoms with E-state index >= 15 is 0 Å². The van der Waals surface area contributed by atoms with Gasteiger partial charge in [0.2, 0.25) is 71.0 Å². The Morgan fingerprint density at radius 1 is 0.663 bits per heavy atom. The van der Waals surface area contributed by atoms with Crippen LogP contribution in [0, 0.1) is 5.92 Å². The number of H-pyrrole nitrogens is 1. The first-order valence-corrected chi connectivity index (χ1v) is 33.1. The fourth-order valence-electron chi connectivity index (χ4n) is 11.2. The van der Waals surface area contributed by atoms with Crippen LogP contribution in [0.5, 0.6) is 0 Å². The standard InChI is InChI=1S/C69H90ClN17O11/c1-39(2)31-52(60(91)77-51(16-11-29-74-40(3)4)67(98)87-30-12-17-57(87)65(96)75-41(5)59(71)90)78-61(92)53(34-44-21-26-50(27-22-44)76-69-83-68(72)84-85-69)80-64(95)56(38-88)82-63(94)55(35-46-13-10-28-73-37-46)79-62(93)54(33-43-19-24-49(70)25-20-43)81-66(97)58(86(7)42(6)89)36-45-18-23-47-14-8-9-15-48(47)32-45/h8-10,13-15,18-28,32,37,39-41,51-58,74,88H,11-12,16-17,29-31,33-36,38H2,1-7H3,(H2,71,90)(H,75,96)(H,77,91)(H,78,92)(H,79,93)(H,80,95)(H,81,97)(H,82,94)(H4,72,76,83,84,85)/t41-,51?,52+,53?,54-,55-,56+,57+,58-/m1/s1. The number of carbonyl (C=O) groups excluding carboxylic acids is 10. The van der Waals surface area contributed by atoms with E-state index in [1.54, 1.807) is 60.7 Å². The lowest BCUT2D eigenvalue weighted by Gasteiger charge is -2.31. The van der Waals surface area contributed by atoms with Crippen LogP contribution in [0.1, 0.15) is 95.9 Å². The molecule has 1 aliphatic rings. The van der Waals surface area contributed by atoms with Crippen LogP contribution >= 0.6 is 11.6 Å². The van der Waals surface area contributed by atoms with Crippen molar-refractivity contribution in [1.82, 2.24) is 72.5 Å². The number of carbonyl (C=O) groups is 10. The Morgan fingerprint density at radius 3 is 1.80 bits per heavy atom. The summed E-state index contributed by atoms with van der Waals surface area (Å²) in [6.45, 7) is 9.97. The molecule has 0 spiro atoms. The monoisotopic (exact) mass is 1370 g/mol. The third kappa shape index (κ3) is 22.5. The molecule has 3 heterocycles. The molecule has 2 unspecified atom stereocenters. The van der Waals surface area contributed by atoms with E-state index in [1.165, 1.54) is 43.1 Å². The number of halogens is 1. The summed E-state index contributed by atoms with van der Waals surface area (Å²) in [7, 11) is 1.49. The van der Waals surface area contributed by atoms with Crippen LogP contribution < -0.4 is 59.3 Å². The van der Waals surface area contributed by atoms with Gasteiger partial charge in [-0.15, -0.1) is 5.10 Å². The summed E-state index contributed by atoms with van der Waals surface area (Å²) in [6.07, 6.45) is 3.86. The number of benzene rings is 4. The molecule has 2 aromatic heterocycles. The minimum atomic E-state index is -1.78. The number of nitrogen functional groups attached to an aromatic ring is 1. The molecule has 15 N–H and O–H groups in total. The van der Waals surface area contributed by atoms with Crippen LogP contribution in [0.25, 0.3) is 10.8 Å². The highest BCUT2D eigenvalue weighted by Gasteiger charge is 2.40. The zero-order chi connectivity index (χ0) is 71.2. The molecular formula is C69H90ClN17O11. The fourth-order valence-corrected chi connectivity index (χ4v) is 11.4. The first kappa shape index (κ1) is 75.3. The summed E-state index contributed by atoms with van der Waals surface area (Å²) in [6, 6.07) is 18.2. The number of aromatic amines is 1. The van der Waals surface area contributed by atoms with Crippen molar-refractivity contribution in [2.75, 3.05) is 37.8 Å². The maximum atomic E-state index is 15.0. The number of nitrogens with two attached hydrogens (primary N) is 2. The summed E-state index contributed by atoms with van der Waals surface area (Å²) in [5.41, 5.74) is 13.9. The minimum absolute atomic E-state index is 0.0465. The lowest BCUT2D eigenvalue weighted by atomic mass is 9.99. The summed E-state index contributed by atoms with van der Waals surface area (Å²) in [5.74, 6) is -7.41. The summed E-state index contributed by atoms with van der Waals surface area (Å²) >= 11 is 6.26. The second-order valence-electron chi connectivity index (χ2n) is 25.3. The molecule has 0 aliphatic carbocycles. The number of aliphatic hydroxyl groups is 1. The Hall–Kier alpha value is -10.1. The van der Waals surface area contributed by atoms with Gasteiger partial charge in [-0.05, 0) is 115 Å². The third-order valence-electron chi connectivity index (χ3n) is 16.7.